The predicted octanol–water partition coefficient (Wildman–Crippen LogP) is 5.72. The predicted molar refractivity (Wildman–Crippen MR) is 87.0 cm³/mol. The average molecular weight is 274 g/mol. The Morgan fingerprint density at radius 1 is 0.650 bits per heavy atom. The molecule has 0 spiro atoms. The maximum Gasteiger partial charge on any atom is 0.119 e. The molecule has 1 aromatic carbocycles. The zero-order valence-corrected chi connectivity index (χ0v) is 12.9. The van der Waals surface area contributed by atoms with Crippen LogP contribution in [0.3, 0.4) is 0 Å². The Labute approximate surface area is 124 Å². The summed E-state index contributed by atoms with van der Waals surface area (Å²) in [4.78, 5) is 10.2. The summed E-state index contributed by atoms with van der Waals surface area (Å²) in [5.41, 5.74) is 1.47. The van der Waals surface area contributed by atoms with E-state index in [1.54, 1.807) is 0 Å². The number of aryl methyl sites for hydroxylation is 1. The lowest BCUT2D eigenvalue weighted by atomic mass is 10.0. The van der Waals surface area contributed by atoms with Crippen molar-refractivity contribution in [3.63, 3.8) is 0 Å². The topological polar surface area (TPSA) is 17.1 Å². The number of benzene rings is 1. The third kappa shape index (κ3) is 9.77. The zero-order chi connectivity index (χ0) is 14.3. The fraction of sp³-hybridized carbons (Fsp3) is 0.632. The van der Waals surface area contributed by atoms with E-state index < -0.39 is 0 Å². The molecule has 0 aliphatic rings. The van der Waals surface area contributed by atoms with E-state index in [1.807, 2.05) is 0 Å². The molecule has 1 rings (SSSR count). The minimum atomic E-state index is 0.751. The molecule has 1 nitrogen and oxygen atoms in total. The van der Waals surface area contributed by atoms with E-state index in [1.165, 1.54) is 69.8 Å². The van der Waals surface area contributed by atoms with Gasteiger partial charge in [0.05, 0.1) is 0 Å². The second-order valence-electron chi connectivity index (χ2n) is 5.73. The van der Waals surface area contributed by atoms with Gasteiger partial charge in [-0.1, -0.05) is 81.7 Å². The maximum absolute atomic E-state index is 10.2. The molecule has 20 heavy (non-hydrogen) atoms. The molecule has 0 saturated heterocycles. The summed E-state index contributed by atoms with van der Waals surface area (Å²) in [5.74, 6) is 0. The second-order valence-corrected chi connectivity index (χ2v) is 5.73. The number of carbonyl (C=O) groups excluding carboxylic acids is 1. The molecule has 0 heterocycles. The molecule has 0 saturated carbocycles. The van der Waals surface area contributed by atoms with Crippen molar-refractivity contribution >= 4 is 6.29 Å². The van der Waals surface area contributed by atoms with E-state index in [0.717, 1.165) is 19.1 Å². The van der Waals surface area contributed by atoms with Gasteiger partial charge in [-0.25, -0.2) is 0 Å². The standard InChI is InChI=1S/C19H30O/c20-18-14-9-7-5-3-1-2-4-6-8-11-15-19-16-12-10-13-17-19/h10,12-13,16-18H,1-9,11,14-15H2. The van der Waals surface area contributed by atoms with Crippen molar-refractivity contribution in [3.8, 4) is 0 Å². The number of hydrogen-bond donors (Lipinski definition) is 0. The van der Waals surface area contributed by atoms with Gasteiger partial charge in [0.25, 0.3) is 0 Å². The number of rotatable bonds is 13. The third-order valence-corrected chi connectivity index (χ3v) is 3.88. The van der Waals surface area contributed by atoms with E-state index >= 15 is 0 Å². The van der Waals surface area contributed by atoms with Crippen LogP contribution in [0, 0.1) is 0 Å². The van der Waals surface area contributed by atoms with Gasteiger partial charge in [0, 0.05) is 6.42 Å². The molecule has 0 unspecified atom stereocenters. The summed E-state index contributed by atoms with van der Waals surface area (Å²) in [6, 6.07) is 10.8. The summed E-state index contributed by atoms with van der Waals surface area (Å²) in [7, 11) is 0. The Hall–Kier alpha value is -1.11. The van der Waals surface area contributed by atoms with Crippen LogP contribution in [0.1, 0.15) is 76.2 Å². The van der Waals surface area contributed by atoms with Crippen LogP contribution >= 0.6 is 0 Å². The first-order valence-corrected chi connectivity index (χ1v) is 8.41. The van der Waals surface area contributed by atoms with Gasteiger partial charge in [-0.3, -0.25) is 0 Å². The van der Waals surface area contributed by atoms with Gasteiger partial charge < -0.3 is 4.79 Å². The number of aldehydes is 1. The Kier molecular flexibility index (Phi) is 10.9. The summed E-state index contributed by atoms with van der Waals surface area (Å²) in [6.45, 7) is 0. The first-order valence-electron chi connectivity index (χ1n) is 8.41. The van der Waals surface area contributed by atoms with Crippen LogP contribution in [-0.2, 0) is 11.2 Å². The molecule has 0 amide bonds. The van der Waals surface area contributed by atoms with Crippen molar-refractivity contribution in [1.29, 1.82) is 0 Å². The van der Waals surface area contributed by atoms with Crippen molar-refractivity contribution in [2.75, 3.05) is 0 Å². The molecular formula is C19H30O. The van der Waals surface area contributed by atoms with Crippen molar-refractivity contribution < 1.29 is 4.79 Å². The fourth-order valence-corrected chi connectivity index (χ4v) is 2.62. The van der Waals surface area contributed by atoms with Crippen LogP contribution in [-0.4, -0.2) is 6.29 Å². The molecule has 1 heteroatoms. The van der Waals surface area contributed by atoms with Crippen LogP contribution in [0.15, 0.2) is 30.3 Å². The number of unbranched alkanes of at least 4 members (excludes halogenated alkanes) is 10. The van der Waals surface area contributed by atoms with Gasteiger partial charge in [-0.15, -0.1) is 0 Å². The first kappa shape index (κ1) is 16.9. The highest BCUT2D eigenvalue weighted by Crippen LogP contribution is 2.12. The Morgan fingerprint density at radius 3 is 1.70 bits per heavy atom. The highest BCUT2D eigenvalue weighted by Gasteiger charge is 1.94. The molecule has 0 N–H and O–H groups in total. The Bertz CT molecular complexity index is 318. The van der Waals surface area contributed by atoms with E-state index in [4.69, 9.17) is 0 Å². The lowest BCUT2D eigenvalue weighted by molar-refractivity contribution is -0.107. The molecule has 0 aliphatic carbocycles. The molecule has 0 bridgehead atoms. The molecule has 0 radical (unpaired) electrons. The number of hydrogen-bond acceptors (Lipinski definition) is 1. The lowest BCUT2D eigenvalue weighted by Crippen LogP contribution is -1.86. The SMILES string of the molecule is O=CCCCCCCCCCCCCc1ccccc1. The molecular weight excluding hydrogens is 244 g/mol. The number of carbonyl (C=O) groups is 1. The molecule has 0 aromatic heterocycles. The van der Waals surface area contributed by atoms with Crippen molar-refractivity contribution in [1.82, 2.24) is 0 Å². The second kappa shape index (κ2) is 12.9. The summed E-state index contributed by atoms with van der Waals surface area (Å²) >= 11 is 0. The Balaban J connectivity index is 1.78. The smallest absolute Gasteiger partial charge is 0.119 e. The van der Waals surface area contributed by atoms with E-state index in [-0.39, 0.29) is 0 Å². The molecule has 0 atom stereocenters. The van der Waals surface area contributed by atoms with Crippen LogP contribution in [0.5, 0.6) is 0 Å². The maximum atomic E-state index is 10.2. The van der Waals surface area contributed by atoms with Gasteiger partial charge >= 0.3 is 0 Å². The van der Waals surface area contributed by atoms with Gasteiger partial charge in [0.15, 0.2) is 0 Å². The molecule has 0 aliphatic heterocycles. The summed E-state index contributed by atoms with van der Waals surface area (Å²) in [5, 5.41) is 0. The summed E-state index contributed by atoms with van der Waals surface area (Å²) in [6.07, 6.45) is 16.2. The highest BCUT2D eigenvalue weighted by atomic mass is 16.1. The van der Waals surface area contributed by atoms with Crippen LogP contribution in [0.25, 0.3) is 0 Å². The average Bonchev–Trinajstić information content (AvgIpc) is 2.49. The minimum absolute atomic E-state index is 0.751. The highest BCUT2D eigenvalue weighted by molar-refractivity contribution is 5.48. The van der Waals surface area contributed by atoms with Crippen molar-refractivity contribution in [2.24, 2.45) is 0 Å². The van der Waals surface area contributed by atoms with Crippen LogP contribution in [0.4, 0.5) is 0 Å². The molecule has 112 valence electrons. The van der Waals surface area contributed by atoms with E-state index in [9.17, 15) is 4.79 Å². The van der Waals surface area contributed by atoms with E-state index in [0.29, 0.717) is 0 Å². The van der Waals surface area contributed by atoms with Gasteiger partial charge in [0.2, 0.25) is 0 Å². The van der Waals surface area contributed by atoms with E-state index in [2.05, 4.69) is 30.3 Å². The normalized spacial score (nSPS) is 10.6. The first-order chi connectivity index (χ1) is 9.93. The fourth-order valence-electron chi connectivity index (χ4n) is 2.62. The largest absolute Gasteiger partial charge is 0.303 e. The minimum Gasteiger partial charge on any atom is -0.303 e. The Morgan fingerprint density at radius 2 is 1.15 bits per heavy atom. The van der Waals surface area contributed by atoms with Crippen LogP contribution in [0.2, 0.25) is 0 Å². The molecule has 0 fully saturated rings. The third-order valence-electron chi connectivity index (χ3n) is 3.88. The van der Waals surface area contributed by atoms with Gasteiger partial charge in [0.1, 0.15) is 6.29 Å². The van der Waals surface area contributed by atoms with Crippen molar-refractivity contribution in [2.45, 2.75) is 77.0 Å². The van der Waals surface area contributed by atoms with Crippen LogP contribution < -0.4 is 0 Å². The lowest BCUT2D eigenvalue weighted by Gasteiger charge is -2.03. The quantitative estimate of drug-likeness (QED) is 0.332. The summed E-state index contributed by atoms with van der Waals surface area (Å²) < 4.78 is 0. The zero-order valence-electron chi connectivity index (χ0n) is 12.9. The van der Waals surface area contributed by atoms with Gasteiger partial charge in [-0.2, -0.15) is 0 Å². The molecule has 1 aromatic rings. The monoisotopic (exact) mass is 274 g/mol. The van der Waals surface area contributed by atoms with Crippen molar-refractivity contribution in [3.05, 3.63) is 35.9 Å². The van der Waals surface area contributed by atoms with Gasteiger partial charge in [-0.05, 0) is 24.8 Å².